The fraction of sp³-hybridized carbons (Fsp3) is 0.417. The van der Waals surface area contributed by atoms with Crippen LogP contribution in [0.15, 0.2) is 18.5 Å². The number of aliphatic hydroxyl groups is 1. The van der Waals surface area contributed by atoms with Crippen LogP contribution in [0.2, 0.25) is 0 Å². The zero-order valence-electron chi connectivity index (χ0n) is 10.4. The number of aromatic nitrogens is 4. The molecule has 2 heterocycles. The van der Waals surface area contributed by atoms with Crippen LogP contribution in [0, 0.1) is 11.8 Å². The summed E-state index contributed by atoms with van der Waals surface area (Å²) in [4.78, 5) is 8.58. The summed E-state index contributed by atoms with van der Waals surface area (Å²) in [5, 5.41) is 18.7. The number of hydrogen-bond donors (Lipinski definition) is 4. The third kappa shape index (κ3) is 2.50. The summed E-state index contributed by atoms with van der Waals surface area (Å²) in [6.07, 6.45) is 4.40. The molecule has 0 saturated heterocycles. The zero-order valence-corrected chi connectivity index (χ0v) is 10.4. The van der Waals surface area contributed by atoms with Gasteiger partial charge in [-0.2, -0.15) is 5.10 Å². The average Bonchev–Trinajstić information content (AvgIpc) is 3.08. The first-order chi connectivity index (χ1) is 9.28. The Morgan fingerprint density at radius 2 is 2.37 bits per heavy atom. The Labute approximate surface area is 110 Å². The normalized spacial score (nSPS) is 21.3. The van der Waals surface area contributed by atoms with Crippen molar-refractivity contribution in [3.63, 3.8) is 0 Å². The van der Waals surface area contributed by atoms with Gasteiger partial charge < -0.3 is 16.2 Å². The summed E-state index contributed by atoms with van der Waals surface area (Å²) in [7, 11) is 0. The highest BCUT2D eigenvalue weighted by molar-refractivity contribution is 5.70. The first-order valence-corrected chi connectivity index (χ1v) is 6.25. The Hall–Kier alpha value is -2.15. The van der Waals surface area contributed by atoms with Crippen molar-refractivity contribution in [1.29, 1.82) is 0 Å². The number of anilines is 2. The molecular formula is C12H16N6O. The number of nitrogens with one attached hydrogen (secondary N) is 2. The van der Waals surface area contributed by atoms with E-state index in [1.165, 1.54) is 0 Å². The summed E-state index contributed by atoms with van der Waals surface area (Å²) in [5.41, 5.74) is 7.27. The average molecular weight is 260 g/mol. The monoisotopic (exact) mass is 260 g/mol. The smallest absolute Gasteiger partial charge is 0.223 e. The summed E-state index contributed by atoms with van der Waals surface area (Å²) in [6, 6.07) is 1.79. The minimum atomic E-state index is 0.263. The molecule has 7 nitrogen and oxygen atoms in total. The number of hydrogen-bond acceptors (Lipinski definition) is 6. The van der Waals surface area contributed by atoms with Gasteiger partial charge in [-0.3, -0.25) is 5.10 Å². The molecule has 0 aromatic carbocycles. The van der Waals surface area contributed by atoms with E-state index in [-0.39, 0.29) is 6.61 Å². The van der Waals surface area contributed by atoms with Crippen molar-refractivity contribution in [2.24, 2.45) is 11.8 Å². The minimum absolute atomic E-state index is 0.263. The van der Waals surface area contributed by atoms with E-state index < -0.39 is 0 Å². The Morgan fingerprint density at radius 1 is 1.47 bits per heavy atom. The minimum Gasteiger partial charge on any atom is -0.396 e. The predicted molar refractivity (Wildman–Crippen MR) is 71.2 cm³/mol. The molecule has 0 bridgehead atoms. The van der Waals surface area contributed by atoms with Crippen LogP contribution >= 0.6 is 0 Å². The number of nitrogen functional groups attached to an aromatic ring is 1. The topological polar surface area (TPSA) is 113 Å². The van der Waals surface area contributed by atoms with Gasteiger partial charge in [0, 0.05) is 19.3 Å². The van der Waals surface area contributed by atoms with Gasteiger partial charge in [-0.1, -0.05) is 0 Å². The molecule has 0 spiro atoms. The SMILES string of the molecule is Nc1[nH]ncc1-c1ccnc(NCC2CC2CO)n1. The fourth-order valence-corrected chi connectivity index (χ4v) is 2.10. The zero-order chi connectivity index (χ0) is 13.2. The highest BCUT2D eigenvalue weighted by Crippen LogP contribution is 2.37. The maximum Gasteiger partial charge on any atom is 0.223 e. The molecular weight excluding hydrogens is 244 g/mol. The van der Waals surface area contributed by atoms with Gasteiger partial charge in [0.1, 0.15) is 5.82 Å². The Morgan fingerprint density at radius 3 is 3.05 bits per heavy atom. The van der Waals surface area contributed by atoms with Crippen LogP contribution in [-0.2, 0) is 0 Å². The maximum atomic E-state index is 8.99. The second kappa shape index (κ2) is 4.85. The van der Waals surface area contributed by atoms with Gasteiger partial charge in [-0.25, -0.2) is 9.97 Å². The van der Waals surface area contributed by atoms with E-state index in [9.17, 15) is 0 Å². The van der Waals surface area contributed by atoms with Gasteiger partial charge in [0.25, 0.3) is 0 Å². The molecule has 7 heteroatoms. The second-order valence-electron chi connectivity index (χ2n) is 4.78. The van der Waals surface area contributed by atoms with Crippen LogP contribution < -0.4 is 11.1 Å². The van der Waals surface area contributed by atoms with Gasteiger partial charge in [-0.15, -0.1) is 0 Å². The van der Waals surface area contributed by atoms with Crippen molar-refractivity contribution in [3.05, 3.63) is 18.5 Å². The van der Waals surface area contributed by atoms with Crippen LogP contribution in [0.5, 0.6) is 0 Å². The number of nitrogens with zero attached hydrogens (tertiary/aromatic N) is 3. The third-order valence-electron chi connectivity index (χ3n) is 3.43. The lowest BCUT2D eigenvalue weighted by atomic mass is 10.2. The molecule has 19 heavy (non-hydrogen) atoms. The summed E-state index contributed by atoms with van der Waals surface area (Å²) in [5.74, 6) is 2.02. The number of aliphatic hydroxyl groups excluding tert-OH is 1. The molecule has 1 aliphatic rings. The van der Waals surface area contributed by atoms with E-state index in [0.717, 1.165) is 24.2 Å². The molecule has 100 valence electrons. The van der Waals surface area contributed by atoms with Crippen LogP contribution in [0.3, 0.4) is 0 Å². The Kier molecular flexibility index (Phi) is 3.04. The highest BCUT2D eigenvalue weighted by atomic mass is 16.3. The van der Waals surface area contributed by atoms with Gasteiger partial charge >= 0.3 is 0 Å². The molecule has 5 N–H and O–H groups in total. The van der Waals surface area contributed by atoms with Crippen molar-refractivity contribution in [2.45, 2.75) is 6.42 Å². The van der Waals surface area contributed by atoms with Gasteiger partial charge in [0.15, 0.2) is 0 Å². The third-order valence-corrected chi connectivity index (χ3v) is 3.43. The Bertz CT molecular complexity index is 569. The van der Waals surface area contributed by atoms with Crippen LogP contribution in [0.25, 0.3) is 11.3 Å². The molecule has 2 atom stereocenters. The Balaban J connectivity index is 1.68. The molecule has 1 saturated carbocycles. The molecule has 1 aliphatic carbocycles. The molecule has 2 aromatic rings. The lowest BCUT2D eigenvalue weighted by molar-refractivity contribution is 0.270. The van der Waals surface area contributed by atoms with E-state index in [0.29, 0.717) is 23.6 Å². The molecule has 0 radical (unpaired) electrons. The van der Waals surface area contributed by atoms with Crippen molar-refractivity contribution in [1.82, 2.24) is 20.2 Å². The summed E-state index contributed by atoms with van der Waals surface area (Å²) >= 11 is 0. The lowest BCUT2D eigenvalue weighted by Crippen LogP contribution is -2.09. The molecule has 0 aliphatic heterocycles. The van der Waals surface area contributed by atoms with Crippen LogP contribution in [0.1, 0.15) is 6.42 Å². The van der Waals surface area contributed by atoms with Crippen molar-refractivity contribution in [3.8, 4) is 11.3 Å². The summed E-state index contributed by atoms with van der Waals surface area (Å²) in [6.45, 7) is 1.05. The number of aromatic amines is 1. The van der Waals surface area contributed by atoms with Crippen molar-refractivity contribution < 1.29 is 5.11 Å². The van der Waals surface area contributed by atoms with Crippen molar-refractivity contribution in [2.75, 3.05) is 24.2 Å². The molecule has 3 rings (SSSR count). The quantitative estimate of drug-likeness (QED) is 0.622. The predicted octanol–water partition coefficient (Wildman–Crippen LogP) is 0.489. The molecule has 1 fully saturated rings. The van der Waals surface area contributed by atoms with Gasteiger partial charge in [0.05, 0.1) is 17.5 Å². The number of rotatable bonds is 5. The highest BCUT2D eigenvalue weighted by Gasteiger charge is 2.35. The number of nitrogens with two attached hydrogens (primary N) is 1. The van der Waals surface area contributed by atoms with Crippen LogP contribution in [-0.4, -0.2) is 38.4 Å². The van der Waals surface area contributed by atoms with E-state index in [4.69, 9.17) is 10.8 Å². The first kappa shape index (κ1) is 11.9. The maximum absolute atomic E-state index is 8.99. The van der Waals surface area contributed by atoms with E-state index in [1.807, 2.05) is 0 Å². The largest absolute Gasteiger partial charge is 0.396 e. The summed E-state index contributed by atoms with van der Waals surface area (Å²) < 4.78 is 0. The second-order valence-corrected chi connectivity index (χ2v) is 4.78. The standard InChI is InChI=1S/C12H16N6O/c13-11-9(5-16-18-11)10-1-2-14-12(17-10)15-4-7-3-8(7)6-19/h1-2,5,7-8,19H,3-4,6H2,(H3,13,16,18)(H,14,15,17). The lowest BCUT2D eigenvalue weighted by Gasteiger charge is -2.05. The van der Waals surface area contributed by atoms with Crippen LogP contribution in [0.4, 0.5) is 11.8 Å². The van der Waals surface area contributed by atoms with E-state index in [1.54, 1.807) is 18.5 Å². The van der Waals surface area contributed by atoms with Gasteiger partial charge in [-0.05, 0) is 24.3 Å². The number of H-pyrrole nitrogens is 1. The first-order valence-electron chi connectivity index (χ1n) is 6.25. The molecule has 2 unspecified atom stereocenters. The fourth-order valence-electron chi connectivity index (χ4n) is 2.10. The van der Waals surface area contributed by atoms with Crippen molar-refractivity contribution >= 4 is 11.8 Å². The van der Waals surface area contributed by atoms with E-state index >= 15 is 0 Å². The van der Waals surface area contributed by atoms with Gasteiger partial charge in [0.2, 0.25) is 5.95 Å². The van der Waals surface area contributed by atoms with E-state index in [2.05, 4.69) is 25.5 Å². The molecule has 0 amide bonds. The molecule has 2 aromatic heterocycles.